The summed E-state index contributed by atoms with van der Waals surface area (Å²) >= 11 is 0. The van der Waals surface area contributed by atoms with Gasteiger partial charge in [-0.3, -0.25) is 14.5 Å². The maximum Gasteiger partial charge on any atom is 0.387 e. The average molecular weight is 472 g/mol. The molecular weight excluding hydrogens is 440 g/mol. The number of halogens is 2. The Hall–Kier alpha value is -3.00. The van der Waals surface area contributed by atoms with E-state index in [4.69, 9.17) is 0 Å². The van der Waals surface area contributed by atoms with Crippen molar-refractivity contribution in [1.29, 1.82) is 0 Å². The highest BCUT2D eigenvalue weighted by Crippen LogP contribution is 2.25. The number of likely N-dealkylation sites (tertiary alicyclic amines) is 2. The van der Waals surface area contributed by atoms with E-state index in [9.17, 15) is 18.4 Å². The van der Waals surface area contributed by atoms with E-state index in [1.807, 2.05) is 12.1 Å². The van der Waals surface area contributed by atoms with Crippen LogP contribution >= 0.6 is 0 Å². The first kappa shape index (κ1) is 24.1. The second kappa shape index (κ2) is 11.4. The van der Waals surface area contributed by atoms with Crippen LogP contribution in [-0.2, 0) is 17.9 Å². The summed E-state index contributed by atoms with van der Waals surface area (Å²) in [6.45, 7) is 1.42. The monoisotopic (exact) mass is 471 g/mol. The molecule has 2 aliphatic heterocycles. The van der Waals surface area contributed by atoms with Gasteiger partial charge < -0.3 is 15.0 Å². The Morgan fingerprint density at radius 2 is 1.68 bits per heavy atom. The normalized spacial score (nSPS) is 18.8. The fraction of sp³-hybridized carbons (Fsp3) is 0.462. The molecule has 1 atom stereocenters. The van der Waals surface area contributed by atoms with Gasteiger partial charge in [0.1, 0.15) is 5.75 Å². The molecular formula is C26H31F2N3O3. The van der Waals surface area contributed by atoms with Crippen molar-refractivity contribution in [2.24, 2.45) is 5.92 Å². The molecule has 6 nitrogen and oxygen atoms in total. The molecule has 2 fully saturated rings. The zero-order chi connectivity index (χ0) is 23.9. The van der Waals surface area contributed by atoms with E-state index in [2.05, 4.69) is 27.1 Å². The minimum Gasteiger partial charge on any atom is -0.434 e. The Labute approximate surface area is 198 Å². The van der Waals surface area contributed by atoms with Crippen LogP contribution in [0.2, 0.25) is 0 Å². The van der Waals surface area contributed by atoms with Crippen molar-refractivity contribution in [2.75, 3.05) is 26.2 Å². The van der Waals surface area contributed by atoms with Crippen molar-refractivity contribution in [3.05, 3.63) is 65.2 Å². The molecule has 4 rings (SSSR count). The molecule has 1 N–H and O–H groups in total. The van der Waals surface area contributed by atoms with Crippen LogP contribution in [0.15, 0.2) is 48.5 Å². The number of nitrogens with one attached hydrogen (secondary N) is 1. The molecule has 2 aliphatic rings. The van der Waals surface area contributed by atoms with Crippen molar-refractivity contribution < 1.29 is 23.1 Å². The van der Waals surface area contributed by atoms with Crippen molar-refractivity contribution in [1.82, 2.24) is 15.1 Å². The van der Waals surface area contributed by atoms with E-state index >= 15 is 0 Å². The molecule has 1 unspecified atom stereocenters. The van der Waals surface area contributed by atoms with Crippen molar-refractivity contribution in [2.45, 2.75) is 45.4 Å². The lowest BCUT2D eigenvalue weighted by molar-refractivity contribution is -0.126. The number of alkyl halides is 2. The lowest BCUT2D eigenvalue weighted by Gasteiger charge is -2.32. The van der Waals surface area contributed by atoms with E-state index in [-0.39, 0.29) is 29.7 Å². The average Bonchev–Trinajstić information content (AvgIpc) is 3.36. The van der Waals surface area contributed by atoms with Gasteiger partial charge in [0.25, 0.3) is 5.91 Å². The fourth-order valence-corrected chi connectivity index (χ4v) is 4.68. The minimum atomic E-state index is -3.01. The van der Waals surface area contributed by atoms with Crippen LogP contribution in [0.5, 0.6) is 5.75 Å². The highest BCUT2D eigenvalue weighted by Gasteiger charge is 2.30. The van der Waals surface area contributed by atoms with Crippen LogP contribution in [-0.4, -0.2) is 54.4 Å². The number of hydrogen-bond acceptors (Lipinski definition) is 4. The zero-order valence-corrected chi connectivity index (χ0v) is 19.2. The van der Waals surface area contributed by atoms with Crippen LogP contribution in [0.1, 0.15) is 47.2 Å². The van der Waals surface area contributed by atoms with Gasteiger partial charge in [-0.15, -0.1) is 0 Å². The lowest BCUT2D eigenvalue weighted by atomic mass is 9.96. The highest BCUT2D eigenvalue weighted by atomic mass is 19.3. The first-order valence-electron chi connectivity index (χ1n) is 11.9. The predicted molar refractivity (Wildman–Crippen MR) is 125 cm³/mol. The van der Waals surface area contributed by atoms with E-state index in [1.54, 1.807) is 17.0 Å². The summed E-state index contributed by atoms with van der Waals surface area (Å²) in [4.78, 5) is 29.8. The minimum absolute atomic E-state index is 0.0814. The number of hydrogen-bond donors (Lipinski definition) is 1. The molecule has 2 heterocycles. The molecule has 8 heteroatoms. The van der Waals surface area contributed by atoms with Gasteiger partial charge in [0.05, 0.1) is 11.5 Å². The summed E-state index contributed by atoms with van der Waals surface area (Å²) in [6, 6.07) is 14.3. The smallest absolute Gasteiger partial charge is 0.387 e. The Bertz CT molecular complexity index is 978. The molecule has 2 amide bonds. The van der Waals surface area contributed by atoms with Crippen molar-refractivity contribution in [3.8, 4) is 5.75 Å². The van der Waals surface area contributed by atoms with Gasteiger partial charge in [-0.1, -0.05) is 36.4 Å². The van der Waals surface area contributed by atoms with Crippen LogP contribution < -0.4 is 10.1 Å². The Kier molecular flexibility index (Phi) is 8.11. The highest BCUT2D eigenvalue weighted by molar-refractivity contribution is 5.97. The maximum atomic E-state index is 13.0. The summed E-state index contributed by atoms with van der Waals surface area (Å²) in [5.41, 5.74) is 2.38. The van der Waals surface area contributed by atoms with Gasteiger partial charge in [0, 0.05) is 26.2 Å². The lowest BCUT2D eigenvalue weighted by Crippen LogP contribution is -2.45. The first-order chi connectivity index (χ1) is 16.5. The van der Waals surface area contributed by atoms with Crippen molar-refractivity contribution in [3.63, 3.8) is 0 Å². The first-order valence-corrected chi connectivity index (χ1v) is 11.9. The molecule has 0 saturated carbocycles. The SMILES string of the molecule is O=C(NCc1ccc(CN2CCCC2)cc1)C1CCCN(C(=O)c2ccccc2OC(F)F)C1. The zero-order valence-electron chi connectivity index (χ0n) is 19.2. The molecule has 2 aromatic rings. The quantitative estimate of drug-likeness (QED) is 0.631. The standard InChI is InChI=1S/C26H31F2N3O3/c27-26(28)34-23-8-2-1-7-22(23)25(33)31-15-5-6-21(18-31)24(32)29-16-19-9-11-20(12-10-19)17-30-13-3-4-14-30/h1-2,7-12,21,26H,3-6,13-18H2,(H,29,32). The third kappa shape index (κ3) is 6.32. The largest absolute Gasteiger partial charge is 0.434 e. The number of para-hydroxylation sites is 1. The van der Waals surface area contributed by atoms with Crippen molar-refractivity contribution >= 4 is 11.8 Å². The number of nitrogens with zero attached hydrogens (tertiary/aromatic N) is 2. The summed E-state index contributed by atoms with van der Waals surface area (Å²) in [5.74, 6) is -0.990. The maximum absolute atomic E-state index is 13.0. The summed E-state index contributed by atoms with van der Waals surface area (Å²) in [6.07, 6.45) is 3.89. The van der Waals surface area contributed by atoms with Gasteiger partial charge in [-0.2, -0.15) is 8.78 Å². The number of carbonyl (C=O) groups excluding carboxylic acids is 2. The fourth-order valence-electron chi connectivity index (χ4n) is 4.68. The number of amides is 2. The molecule has 2 aromatic carbocycles. The third-order valence-electron chi connectivity index (χ3n) is 6.51. The van der Waals surface area contributed by atoms with Crippen LogP contribution in [0.25, 0.3) is 0 Å². The molecule has 0 radical (unpaired) electrons. The number of piperidine rings is 1. The van der Waals surface area contributed by atoms with Gasteiger partial charge in [-0.25, -0.2) is 0 Å². The molecule has 0 spiro atoms. The van der Waals surface area contributed by atoms with Crippen LogP contribution in [0.3, 0.4) is 0 Å². The molecule has 182 valence electrons. The Balaban J connectivity index is 1.30. The summed E-state index contributed by atoms with van der Waals surface area (Å²) < 4.78 is 29.9. The van der Waals surface area contributed by atoms with Gasteiger partial charge in [0.2, 0.25) is 5.91 Å². The van der Waals surface area contributed by atoms with Gasteiger partial charge in [-0.05, 0) is 62.0 Å². The Morgan fingerprint density at radius 3 is 2.41 bits per heavy atom. The van der Waals surface area contributed by atoms with E-state index in [1.165, 1.54) is 30.5 Å². The summed E-state index contributed by atoms with van der Waals surface area (Å²) in [7, 11) is 0. The third-order valence-corrected chi connectivity index (χ3v) is 6.51. The molecule has 0 bridgehead atoms. The Morgan fingerprint density at radius 1 is 0.971 bits per heavy atom. The van der Waals surface area contributed by atoms with Gasteiger partial charge >= 0.3 is 6.61 Å². The second-order valence-electron chi connectivity index (χ2n) is 8.98. The molecule has 34 heavy (non-hydrogen) atoms. The predicted octanol–water partition coefficient (Wildman–Crippen LogP) is 4.05. The number of benzene rings is 2. The number of ether oxygens (including phenoxy) is 1. The molecule has 0 aliphatic carbocycles. The number of rotatable bonds is 8. The number of carbonyl (C=O) groups is 2. The second-order valence-corrected chi connectivity index (χ2v) is 8.98. The summed E-state index contributed by atoms with van der Waals surface area (Å²) in [5, 5.41) is 2.99. The topological polar surface area (TPSA) is 61.9 Å². The molecule has 0 aromatic heterocycles. The van der Waals surface area contributed by atoms with Gasteiger partial charge in [0.15, 0.2) is 0 Å². The van der Waals surface area contributed by atoms with E-state index < -0.39 is 12.5 Å². The van der Waals surface area contributed by atoms with Crippen LogP contribution in [0.4, 0.5) is 8.78 Å². The molecule has 2 saturated heterocycles. The van der Waals surface area contributed by atoms with E-state index in [0.29, 0.717) is 25.9 Å². The van der Waals surface area contributed by atoms with E-state index in [0.717, 1.165) is 25.2 Å². The van der Waals surface area contributed by atoms with Crippen LogP contribution in [0, 0.1) is 5.92 Å².